The van der Waals surface area contributed by atoms with E-state index in [0.717, 1.165) is 62.9 Å². The first kappa shape index (κ1) is 24.1. The summed E-state index contributed by atoms with van der Waals surface area (Å²) in [5.74, 6) is 0.964. The highest BCUT2D eigenvalue weighted by Crippen LogP contribution is 2.41. The first-order valence-corrected chi connectivity index (χ1v) is 14.7. The second-order valence-electron chi connectivity index (χ2n) is 10.8. The number of hydrogen-bond donors (Lipinski definition) is 2. The van der Waals surface area contributed by atoms with Crippen LogP contribution in [-0.2, 0) is 16.8 Å². The quantitative estimate of drug-likeness (QED) is 0.562. The third-order valence-corrected chi connectivity index (χ3v) is 10.4. The average Bonchev–Trinajstić information content (AvgIpc) is 3.54. The Bertz CT molecular complexity index is 1160. The lowest BCUT2D eigenvalue weighted by molar-refractivity contribution is 0.0896. The molecule has 2 aromatic rings. The van der Waals surface area contributed by atoms with Crippen molar-refractivity contribution < 1.29 is 17.7 Å². The van der Waals surface area contributed by atoms with Crippen molar-refractivity contribution in [2.24, 2.45) is 0 Å². The van der Waals surface area contributed by atoms with Crippen LogP contribution in [0.4, 0.5) is 0 Å². The molecule has 3 aliphatic heterocycles. The molecule has 3 atom stereocenters. The molecule has 6 rings (SSSR count). The molecule has 4 heterocycles. The van der Waals surface area contributed by atoms with Gasteiger partial charge in [0.15, 0.2) is 5.69 Å². The van der Waals surface area contributed by atoms with Crippen LogP contribution in [0.25, 0.3) is 0 Å². The SMILES string of the molecule is O=C(NC1C[C@H]2CC[C@@H](C1)N2S(=O)(=O)N(Cc1ccccc1)C1CCNCC1)c1cc(C2CC2)on1. The Hall–Kier alpha value is -2.27. The molecule has 36 heavy (non-hydrogen) atoms. The van der Waals surface area contributed by atoms with Crippen LogP contribution in [0.3, 0.4) is 0 Å². The third-order valence-electron chi connectivity index (χ3n) is 8.20. The maximum Gasteiger partial charge on any atom is 0.283 e. The smallest absolute Gasteiger partial charge is 0.283 e. The highest BCUT2D eigenvalue weighted by atomic mass is 32.2. The maximum absolute atomic E-state index is 14.2. The topological polar surface area (TPSA) is 108 Å². The zero-order valence-electron chi connectivity index (χ0n) is 20.5. The zero-order chi connectivity index (χ0) is 24.7. The Labute approximate surface area is 212 Å². The van der Waals surface area contributed by atoms with E-state index < -0.39 is 10.2 Å². The van der Waals surface area contributed by atoms with Crippen LogP contribution < -0.4 is 10.6 Å². The summed E-state index contributed by atoms with van der Waals surface area (Å²) in [5.41, 5.74) is 1.33. The lowest BCUT2D eigenvalue weighted by atomic mass is 9.99. The van der Waals surface area contributed by atoms with E-state index in [4.69, 9.17) is 4.52 Å². The van der Waals surface area contributed by atoms with Gasteiger partial charge in [-0.3, -0.25) is 4.79 Å². The Balaban J connectivity index is 1.17. The molecular weight excluding hydrogens is 478 g/mol. The van der Waals surface area contributed by atoms with Gasteiger partial charge in [0, 0.05) is 42.7 Å². The lowest BCUT2D eigenvalue weighted by Gasteiger charge is -2.43. The number of carbonyl (C=O) groups excluding carboxylic acids is 1. The summed E-state index contributed by atoms with van der Waals surface area (Å²) < 4.78 is 37.3. The van der Waals surface area contributed by atoms with E-state index in [0.29, 0.717) is 31.0 Å². The van der Waals surface area contributed by atoms with Crippen molar-refractivity contribution in [3.05, 3.63) is 53.4 Å². The minimum Gasteiger partial charge on any atom is -0.360 e. The number of aromatic nitrogens is 1. The van der Waals surface area contributed by atoms with Crippen LogP contribution in [0.2, 0.25) is 0 Å². The van der Waals surface area contributed by atoms with Crippen LogP contribution in [0.1, 0.15) is 79.1 Å². The molecule has 1 saturated carbocycles. The van der Waals surface area contributed by atoms with Gasteiger partial charge in [0.05, 0.1) is 0 Å². The fraction of sp³-hybridized carbons (Fsp3) is 0.615. The Morgan fingerprint density at radius 3 is 2.42 bits per heavy atom. The van der Waals surface area contributed by atoms with Gasteiger partial charge in [0.25, 0.3) is 16.1 Å². The molecule has 1 aromatic heterocycles. The Kier molecular flexibility index (Phi) is 6.62. The minimum atomic E-state index is -3.66. The highest BCUT2D eigenvalue weighted by Gasteiger charge is 2.50. The second-order valence-corrected chi connectivity index (χ2v) is 12.6. The molecule has 4 aliphatic rings. The van der Waals surface area contributed by atoms with Gasteiger partial charge in [-0.05, 0) is 70.0 Å². The van der Waals surface area contributed by atoms with Gasteiger partial charge in [0.1, 0.15) is 5.76 Å². The number of piperidine rings is 2. The standard InChI is InChI=1S/C26H35N5O4S/c32-26(24-16-25(35-29-24)19-6-7-19)28-20-14-22-8-9-23(15-20)31(22)36(33,34)30(21-10-12-27-13-11-21)17-18-4-2-1-3-5-18/h1-5,16,19-23,27H,6-15,17H2,(H,28,32)/t20?,22-,23+. The third kappa shape index (κ3) is 4.83. The first-order valence-electron chi connectivity index (χ1n) is 13.3. The van der Waals surface area contributed by atoms with Crippen molar-refractivity contribution in [2.45, 2.75) is 88.0 Å². The number of nitrogens with one attached hydrogen (secondary N) is 2. The van der Waals surface area contributed by atoms with Gasteiger partial charge in [0.2, 0.25) is 0 Å². The number of rotatable bonds is 8. The van der Waals surface area contributed by atoms with E-state index in [1.807, 2.05) is 30.3 Å². The van der Waals surface area contributed by atoms with Crippen molar-refractivity contribution in [2.75, 3.05) is 13.1 Å². The van der Waals surface area contributed by atoms with E-state index in [9.17, 15) is 13.2 Å². The van der Waals surface area contributed by atoms with E-state index in [1.165, 1.54) is 0 Å². The molecule has 3 saturated heterocycles. The molecule has 0 spiro atoms. The number of hydrogen-bond acceptors (Lipinski definition) is 6. The summed E-state index contributed by atoms with van der Waals surface area (Å²) in [6, 6.07) is 11.4. The van der Waals surface area contributed by atoms with Crippen molar-refractivity contribution >= 4 is 16.1 Å². The predicted molar refractivity (Wildman–Crippen MR) is 134 cm³/mol. The monoisotopic (exact) mass is 513 g/mol. The van der Waals surface area contributed by atoms with Crippen molar-refractivity contribution in [3.63, 3.8) is 0 Å². The molecule has 1 aliphatic carbocycles. The number of nitrogens with zero attached hydrogens (tertiary/aromatic N) is 3. The van der Waals surface area contributed by atoms with Gasteiger partial charge in [-0.1, -0.05) is 35.5 Å². The van der Waals surface area contributed by atoms with Crippen LogP contribution in [0, 0.1) is 0 Å². The van der Waals surface area contributed by atoms with Crippen LogP contribution in [0.15, 0.2) is 40.9 Å². The molecule has 9 nitrogen and oxygen atoms in total. The van der Waals surface area contributed by atoms with E-state index >= 15 is 0 Å². The molecule has 0 radical (unpaired) electrons. The first-order chi connectivity index (χ1) is 17.5. The summed E-state index contributed by atoms with van der Waals surface area (Å²) in [6.07, 6.45) is 6.72. The molecule has 2 bridgehead atoms. The summed E-state index contributed by atoms with van der Waals surface area (Å²) in [7, 11) is -3.66. The van der Waals surface area contributed by atoms with Crippen LogP contribution in [-0.4, -0.2) is 65.3 Å². The Morgan fingerprint density at radius 2 is 1.75 bits per heavy atom. The fourth-order valence-electron chi connectivity index (χ4n) is 6.22. The van der Waals surface area contributed by atoms with Gasteiger partial charge >= 0.3 is 0 Å². The molecule has 10 heteroatoms. The van der Waals surface area contributed by atoms with E-state index in [2.05, 4.69) is 15.8 Å². The molecule has 2 N–H and O–H groups in total. The zero-order valence-corrected chi connectivity index (χ0v) is 21.3. The largest absolute Gasteiger partial charge is 0.360 e. The predicted octanol–water partition coefficient (Wildman–Crippen LogP) is 2.78. The summed E-state index contributed by atoms with van der Waals surface area (Å²) in [5, 5.41) is 10.4. The molecule has 1 amide bonds. The molecule has 4 fully saturated rings. The van der Waals surface area contributed by atoms with Gasteiger partial charge in [-0.2, -0.15) is 17.0 Å². The minimum absolute atomic E-state index is 0.0129. The van der Waals surface area contributed by atoms with Crippen LogP contribution >= 0.6 is 0 Å². The number of fused-ring (bicyclic) bond motifs is 2. The van der Waals surface area contributed by atoms with E-state index in [1.54, 1.807) is 14.7 Å². The molecule has 194 valence electrons. The van der Waals surface area contributed by atoms with Crippen molar-refractivity contribution in [1.82, 2.24) is 24.4 Å². The van der Waals surface area contributed by atoms with Gasteiger partial charge in [-0.15, -0.1) is 0 Å². The molecular formula is C26H35N5O4S. The average molecular weight is 514 g/mol. The summed E-state index contributed by atoms with van der Waals surface area (Å²) in [4.78, 5) is 12.8. The molecule has 1 aromatic carbocycles. The van der Waals surface area contributed by atoms with E-state index in [-0.39, 0.29) is 30.1 Å². The van der Waals surface area contributed by atoms with Gasteiger partial charge in [-0.25, -0.2) is 0 Å². The lowest BCUT2D eigenvalue weighted by Crippen LogP contribution is -2.58. The summed E-state index contributed by atoms with van der Waals surface area (Å²) >= 11 is 0. The summed E-state index contributed by atoms with van der Waals surface area (Å²) in [6.45, 7) is 2.05. The second kappa shape index (κ2) is 9.89. The van der Waals surface area contributed by atoms with Crippen molar-refractivity contribution in [3.8, 4) is 0 Å². The Morgan fingerprint density at radius 1 is 1.06 bits per heavy atom. The number of carbonyl (C=O) groups is 1. The normalized spacial score (nSPS) is 27.4. The number of benzene rings is 1. The maximum atomic E-state index is 14.2. The van der Waals surface area contributed by atoms with Gasteiger partial charge < -0.3 is 15.2 Å². The highest BCUT2D eigenvalue weighted by molar-refractivity contribution is 7.86. The van der Waals surface area contributed by atoms with Crippen LogP contribution in [0.5, 0.6) is 0 Å². The van der Waals surface area contributed by atoms with Crippen molar-refractivity contribution in [1.29, 1.82) is 0 Å². The fourth-order valence-corrected chi connectivity index (χ4v) is 8.50. The molecule has 1 unspecified atom stereocenters. The number of amides is 1.